The van der Waals surface area contributed by atoms with Crippen molar-refractivity contribution >= 4 is 54.7 Å². The minimum absolute atomic E-state index is 0.00994. The number of benzene rings is 3. The van der Waals surface area contributed by atoms with Gasteiger partial charge in [0.25, 0.3) is 11.5 Å². The molecular formula is C44H48F2N8O11S2. The standard InChI is InChI=1S/C44H48F2N8O11S2/c1-3-51(2)67(61,62)50-36-9-7-34(45)41(33(36)23-47)65-29-5-8-35-32(20-29)43(58)54(26-48-35)28-22-44(63-25-28)14-18-53(19-15-44)40(56)24-52-16-12-27(13-17-52)31-6-4-30(21-38(31)66(46,59)60)64-37-10-11-39(55)49-42(37)57/h4-9,20-21,26-28,37,50H,3,10-19,22,24-25H2,1-2H3,(H,49,55,57)/t28-,37?/m0/s1. The number of imide groups is 1. The zero-order valence-electron chi connectivity index (χ0n) is 36.6. The first kappa shape index (κ1) is 47.4. The molecule has 4 saturated heterocycles. The van der Waals surface area contributed by atoms with Crippen LogP contribution in [0.25, 0.3) is 10.9 Å². The Balaban J connectivity index is 0.863. The highest BCUT2D eigenvalue weighted by molar-refractivity contribution is 7.90. The lowest BCUT2D eigenvalue weighted by Gasteiger charge is -2.40. The van der Waals surface area contributed by atoms with Crippen LogP contribution in [0.1, 0.15) is 75.0 Å². The first-order chi connectivity index (χ1) is 31.9. The molecule has 3 amide bonds. The largest absolute Gasteiger partial charge is 0.481 e. The van der Waals surface area contributed by atoms with Crippen LogP contribution in [0.2, 0.25) is 0 Å². The number of fused-ring (bicyclic) bond motifs is 1. The minimum Gasteiger partial charge on any atom is -0.481 e. The molecule has 4 fully saturated rings. The van der Waals surface area contributed by atoms with Crippen LogP contribution in [0.5, 0.6) is 17.2 Å². The zero-order valence-corrected chi connectivity index (χ0v) is 38.2. The van der Waals surface area contributed by atoms with E-state index in [2.05, 4.69) is 15.0 Å². The predicted octanol–water partition coefficient (Wildman–Crippen LogP) is 3.85. The quantitative estimate of drug-likeness (QED) is 0.143. The van der Waals surface area contributed by atoms with E-state index in [9.17, 15) is 45.2 Å². The van der Waals surface area contributed by atoms with Crippen molar-refractivity contribution in [3.05, 3.63) is 82.2 Å². The van der Waals surface area contributed by atoms with Crippen molar-refractivity contribution < 1.29 is 53.7 Å². The molecule has 8 rings (SSSR count). The van der Waals surface area contributed by atoms with E-state index >= 15 is 4.39 Å². The maximum atomic E-state index is 15.1. The SMILES string of the molecule is CCN(C)S(=O)(=O)Nc1ccc(F)c(Oc2ccc3ncn([C@@H]4COC5(CCN(C(=O)CN6CCC(c7ccc(OC8CCC(=O)NC8=O)cc7S(=O)(=O)F)CC6)CC5)C4)c(=O)c3c2)c1C#N. The number of piperidine rings is 3. The number of nitriles is 1. The number of nitrogens with one attached hydrogen (secondary N) is 2. The molecule has 1 spiro atoms. The smallest absolute Gasteiger partial charge is 0.332 e. The molecule has 0 bridgehead atoms. The molecule has 5 heterocycles. The number of rotatable bonds is 13. The fourth-order valence-electron chi connectivity index (χ4n) is 9.09. The van der Waals surface area contributed by atoms with Crippen LogP contribution in [0.15, 0.2) is 64.5 Å². The van der Waals surface area contributed by atoms with E-state index < -0.39 is 71.5 Å². The van der Waals surface area contributed by atoms with Crippen LogP contribution < -0.4 is 25.1 Å². The van der Waals surface area contributed by atoms with E-state index in [-0.39, 0.29) is 78.5 Å². The number of anilines is 1. The van der Waals surface area contributed by atoms with Gasteiger partial charge in [0.05, 0.1) is 47.7 Å². The van der Waals surface area contributed by atoms with Gasteiger partial charge in [-0.1, -0.05) is 13.0 Å². The molecule has 19 nitrogen and oxygen atoms in total. The van der Waals surface area contributed by atoms with Gasteiger partial charge in [-0.3, -0.25) is 38.7 Å². The predicted molar refractivity (Wildman–Crippen MR) is 236 cm³/mol. The molecule has 4 aliphatic heterocycles. The highest BCUT2D eigenvalue weighted by Crippen LogP contribution is 2.41. The Morgan fingerprint density at radius 1 is 1.03 bits per heavy atom. The van der Waals surface area contributed by atoms with Gasteiger partial charge in [-0.05, 0) is 93.1 Å². The molecule has 3 aromatic carbocycles. The van der Waals surface area contributed by atoms with Crippen LogP contribution in [0, 0.1) is 17.1 Å². The van der Waals surface area contributed by atoms with Crippen molar-refractivity contribution in [1.82, 2.24) is 29.0 Å². The first-order valence-electron chi connectivity index (χ1n) is 21.8. The Morgan fingerprint density at radius 3 is 2.45 bits per heavy atom. The van der Waals surface area contributed by atoms with E-state index in [1.807, 2.05) is 11.0 Å². The van der Waals surface area contributed by atoms with Crippen LogP contribution in [0.4, 0.5) is 14.0 Å². The summed E-state index contributed by atoms with van der Waals surface area (Å²) in [5, 5.41) is 12.2. The van der Waals surface area contributed by atoms with Crippen molar-refractivity contribution in [3.63, 3.8) is 0 Å². The van der Waals surface area contributed by atoms with Crippen molar-refractivity contribution in [1.29, 1.82) is 5.26 Å². The topological polar surface area (TPSA) is 240 Å². The average molecular weight is 967 g/mol. The third-order valence-electron chi connectivity index (χ3n) is 13.0. The number of aromatic nitrogens is 2. The molecule has 4 aliphatic rings. The van der Waals surface area contributed by atoms with Gasteiger partial charge in [0, 0.05) is 45.6 Å². The van der Waals surface area contributed by atoms with Gasteiger partial charge >= 0.3 is 20.4 Å². The van der Waals surface area contributed by atoms with E-state index in [0.717, 1.165) is 22.5 Å². The fraction of sp³-hybridized carbons (Fsp3) is 0.455. The number of amides is 3. The Morgan fingerprint density at radius 2 is 1.76 bits per heavy atom. The molecular weight excluding hydrogens is 919 g/mol. The van der Waals surface area contributed by atoms with Crippen LogP contribution >= 0.6 is 0 Å². The fourth-order valence-corrected chi connectivity index (χ4v) is 10.8. The molecule has 0 saturated carbocycles. The molecule has 4 aromatic rings. The van der Waals surface area contributed by atoms with Crippen LogP contribution in [0.3, 0.4) is 0 Å². The third-order valence-corrected chi connectivity index (χ3v) is 15.4. The zero-order chi connectivity index (χ0) is 47.8. The molecule has 0 aliphatic carbocycles. The first-order valence-corrected chi connectivity index (χ1v) is 24.6. The number of hydrogen-bond acceptors (Lipinski definition) is 14. The average Bonchev–Trinajstić information content (AvgIpc) is 3.71. The van der Waals surface area contributed by atoms with Crippen LogP contribution in [-0.2, 0) is 39.6 Å². The summed E-state index contributed by atoms with van der Waals surface area (Å²) < 4.78 is 102. The minimum atomic E-state index is -5.16. The van der Waals surface area contributed by atoms with Gasteiger partial charge in [-0.2, -0.15) is 26.4 Å². The Hall–Kier alpha value is -6.06. The molecule has 23 heteroatoms. The lowest BCUT2D eigenvalue weighted by atomic mass is 9.87. The highest BCUT2D eigenvalue weighted by Gasteiger charge is 2.44. The second kappa shape index (κ2) is 18.9. The Labute approximate surface area is 385 Å². The number of hydrogen-bond donors (Lipinski definition) is 2. The van der Waals surface area contributed by atoms with Crippen molar-refractivity contribution in [3.8, 4) is 23.3 Å². The summed E-state index contributed by atoms with van der Waals surface area (Å²) in [6.07, 6.45) is 3.08. The number of nitrogens with zero attached hydrogens (tertiary/aromatic N) is 6. The number of halogens is 2. The Kier molecular flexibility index (Phi) is 13.4. The number of carbonyl (C=O) groups is 3. The molecule has 1 aromatic heterocycles. The van der Waals surface area contributed by atoms with E-state index in [4.69, 9.17) is 14.2 Å². The second-order valence-electron chi connectivity index (χ2n) is 17.1. The Bertz CT molecular complexity index is 2950. The maximum absolute atomic E-state index is 15.1. The second-order valence-corrected chi connectivity index (χ2v) is 20.2. The normalized spacial score (nSPS) is 20.5. The summed E-state index contributed by atoms with van der Waals surface area (Å²) in [6, 6.07) is 11.9. The molecule has 2 N–H and O–H groups in total. The number of ether oxygens (including phenoxy) is 3. The summed E-state index contributed by atoms with van der Waals surface area (Å²) in [5.74, 6) is -2.92. The summed E-state index contributed by atoms with van der Waals surface area (Å²) in [6.45, 7) is 3.92. The van der Waals surface area contributed by atoms with E-state index in [1.165, 1.54) is 48.3 Å². The lowest BCUT2D eigenvalue weighted by Crippen LogP contribution is -2.50. The van der Waals surface area contributed by atoms with E-state index in [1.54, 1.807) is 11.8 Å². The number of carbonyl (C=O) groups excluding carboxylic acids is 3. The van der Waals surface area contributed by atoms with Gasteiger partial charge < -0.3 is 19.1 Å². The maximum Gasteiger partial charge on any atom is 0.332 e. The molecule has 67 heavy (non-hydrogen) atoms. The van der Waals surface area contributed by atoms with Gasteiger partial charge in [-0.25, -0.2) is 9.37 Å². The van der Waals surface area contributed by atoms with Crippen molar-refractivity contribution in [2.45, 2.75) is 80.4 Å². The van der Waals surface area contributed by atoms with E-state index in [0.29, 0.717) is 63.8 Å². The van der Waals surface area contributed by atoms with Gasteiger partial charge in [0.2, 0.25) is 11.8 Å². The van der Waals surface area contributed by atoms with Crippen molar-refractivity contribution in [2.75, 3.05) is 57.6 Å². The summed E-state index contributed by atoms with van der Waals surface area (Å²) in [5.41, 5.74) is -0.938. The molecule has 0 radical (unpaired) electrons. The lowest BCUT2D eigenvalue weighted by molar-refractivity contribution is -0.139. The summed E-state index contributed by atoms with van der Waals surface area (Å²) in [7, 11) is -7.87. The van der Waals surface area contributed by atoms with Gasteiger partial charge in [0.1, 0.15) is 28.0 Å². The van der Waals surface area contributed by atoms with Gasteiger partial charge in [-0.15, -0.1) is 3.89 Å². The monoisotopic (exact) mass is 966 g/mol. The summed E-state index contributed by atoms with van der Waals surface area (Å²) in [4.78, 5) is 58.8. The van der Waals surface area contributed by atoms with Crippen molar-refractivity contribution in [2.24, 2.45) is 0 Å². The van der Waals surface area contributed by atoms with Gasteiger partial charge in [0.15, 0.2) is 17.7 Å². The molecule has 1 unspecified atom stereocenters. The third kappa shape index (κ3) is 10.1. The molecule has 356 valence electrons. The van der Waals surface area contributed by atoms with Crippen LogP contribution in [-0.4, -0.2) is 123 Å². The molecule has 2 atom stereocenters. The summed E-state index contributed by atoms with van der Waals surface area (Å²) >= 11 is 0. The number of likely N-dealkylation sites (tertiary alicyclic amines) is 2. The highest BCUT2D eigenvalue weighted by atomic mass is 32.3.